The number of hydrogen-bond acceptors (Lipinski definition) is 5. The Morgan fingerprint density at radius 1 is 0.968 bits per heavy atom. The second-order valence-electron chi connectivity index (χ2n) is 7.67. The Balaban J connectivity index is 1.37. The van der Waals surface area contributed by atoms with E-state index < -0.39 is 18.0 Å². The molecule has 6 nitrogen and oxygen atoms in total. The van der Waals surface area contributed by atoms with E-state index in [2.05, 4.69) is 5.32 Å². The number of benzene rings is 2. The number of anilines is 1. The van der Waals surface area contributed by atoms with Crippen LogP contribution in [0.25, 0.3) is 11.3 Å². The predicted octanol–water partition coefficient (Wildman–Crippen LogP) is 4.82. The number of furan rings is 1. The van der Waals surface area contributed by atoms with E-state index >= 15 is 0 Å². The molecule has 0 radical (unpaired) electrons. The van der Waals surface area contributed by atoms with E-state index in [9.17, 15) is 14.4 Å². The van der Waals surface area contributed by atoms with Crippen LogP contribution in [-0.4, -0.2) is 23.8 Å². The first-order chi connectivity index (χ1) is 14.9. The van der Waals surface area contributed by atoms with E-state index in [-0.39, 0.29) is 11.5 Å². The lowest BCUT2D eigenvalue weighted by Gasteiger charge is -2.13. The molecular formula is C25H23NO5. The first-order valence-corrected chi connectivity index (χ1v) is 10.3. The summed E-state index contributed by atoms with van der Waals surface area (Å²) < 4.78 is 10.9. The summed E-state index contributed by atoms with van der Waals surface area (Å²) >= 11 is 0. The van der Waals surface area contributed by atoms with E-state index in [1.54, 1.807) is 30.3 Å². The van der Waals surface area contributed by atoms with Gasteiger partial charge in [-0.25, -0.2) is 4.79 Å². The van der Waals surface area contributed by atoms with Gasteiger partial charge in [-0.15, -0.1) is 0 Å². The minimum absolute atomic E-state index is 0.00262. The van der Waals surface area contributed by atoms with Crippen molar-refractivity contribution in [1.82, 2.24) is 0 Å². The van der Waals surface area contributed by atoms with Crippen molar-refractivity contribution in [2.45, 2.75) is 39.2 Å². The Labute approximate surface area is 180 Å². The quantitative estimate of drug-likeness (QED) is 0.459. The standard InChI is InChI=1S/C25H23NO5/c1-15(27)17-6-8-19(9-7-17)22-12-13-23(31-22)25(29)30-16(2)24(28)26-21-11-10-18-4-3-5-20(18)14-21/h6-14,16H,3-5H2,1-2H3,(H,26,28)/t16-/m1/s1. The van der Waals surface area contributed by atoms with Crippen LogP contribution >= 0.6 is 0 Å². The normalized spacial score (nSPS) is 13.4. The second-order valence-corrected chi connectivity index (χ2v) is 7.67. The zero-order valence-electron chi connectivity index (χ0n) is 17.4. The molecule has 1 aromatic heterocycles. The lowest BCUT2D eigenvalue weighted by molar-refractivity contribution is -0.123. The van der Waals surface area contributed by atoms with E-state index in [1.165, 1.54) is 31.0 Å². The molecule has 0 unspecified atom stereocenters. The molecule has 4 rings (SSSR count). The number of ether oxygens (including phenoxy) is 1. The Morgan fingerprint density at radius 3 is 2.45 bits per heavy atom. The number of aryl methyl sites for hydroxylation is 2. The van der Waals surface area contributed by atoms with E-state index in [4.69, 9.17) is 9.15 Å². The fraction of sp³-hybridized carbons (Fsp3) is 0.240. The topological polar surface area (TPSA) is 85.6 Å². The van der Waals surface area contributed by atoms with Crippen LogP contribution in [0.15, 0.2) is 59.0 Å². The van der Waals surface area contributed by atoms with Crippen LogP contribution in [-0.2, 0) is 22.4 Å². The highest BCUT2D eigenvalue weighted by Gasteiger charge is 2.22. The molecule has 3 aromatic rings. The van der Waals surface area contributed by atoms with Gasteiger partial charge in [-0.3, -0.25) is 9.59 Å². The number of fused-ring (bicyclic) bond motifs is 1. The smallest absolute Gasteiger partial charge is 0.375 e. The number of amides is 1. The number of nitrogens with one attached hydrogen (secondary N) is 1. The van der Waals surface area contributed by atoms with Crippen LogP contribution in [0.2, 0.25) is 0 Å². The molecule has 1 amide bonds. The van der Waals surface area contributed by atoms with Crippen molar-refractivity contribution in [2.75, 3.05) is 5.32 Å². The van der Waals surface area contributed by atoms with Gasteiger partial charge in [0.2, 0.25) is 5.76 Å². The van der Waals surface area contributed by atoms with Gasteiger partial charge >= 0.3 is 5.97 Å². The van der Waals surface area contributed by atoms with Crippen LogP contribution in [0.3, 0.4) is 0 Å². The monoisotopic (exact) mass is 417 g/mol. The SMILES string of the molecule is CC(=O)c1ccc(-c2ccc(C(=O)O[C@H](C)C(=O)Nc3ccc4c(c3)CCC4)o2)cc1. The molecule has 2 aromatic carbocycles. The van der Waals surface area contributed by atoms with Crippen LogP contribution in [0.1, 0.15) is 52.3 Å². The maximum Gasteiger partial charge on any atom is 0.375 e. The average Bonchev–Trinajstić information content (AvgIpc) is 3.43. The molecule has 0 fully saturated rings. The van der Waals surface area contributed by atoms with Crippen LogP contribution in [0.5, 0.6) is 0 Å². The number of carbonyl (C=O) groups excluding carboxylic acids is 3. The predicted molar refractivity (Wildman–Crippen MR) is 116 cm³/mol. The number of carbonyl (C=O) groups is 3. The number of ketones is 1. The molecule has 0 spiro atoms. The molecule has 0 saturated carbocycles. The highest BCUT2D eigenvalue weighted by atomic mass is 16.6. The Kier molecular flexibility index (Phi) is 5.71. The molecule has 1 aliphatic carbocycles. The summed E-state index contributed by atoms with van der Waals surface area (Å²) in [6.07, 6.45) is 2.24. The number of hydrogen-bond donors (Lipinski definition) is 1. The van der Waals surface area contributed by atoms with Gasteiger partial charge in [0.1, 0.15) is 5.76 Å². The van der Waals surface area contributed by atoms with E-state index in [0.717, 1.165) is 24.8 Å². The maximum absolute atomic E-state index is 12.4. The molecule has 1 aliphatic rings. The van der Waals surface area contributed by atoms with Crippen molar-refractivity contribution in [3.63, 3.8) is 0 Å². The van der Waals surface area contributed by atoms with Crippen LogP contribution in [0.4, 0.5) is 5.69 Å². The van der Waals surface area contributed by atoms with Crippen molar-refractivity contribution < 1.29 is 23.5 Å². The molecule has 158 valence electrons. The van der Waals surface area contributed by atoms with Gasteiger partial charge in [0.25, 0.3) is 5.91 Å². The molecule has 1 atom stereocenters. The third-order valence-corrected chi connectivity index (χ3v) is 5.40. The summed E-state index contributed by atoms with van der Waals surface area (Å²) in [5.41, 5.74) is 4.59. The van der Waals surface area contributed by atoms with Crippen LogP contribution < -0.4 is 5.32 Å². The molecule has 31 heavy (non-hydrogen) atoms. The Morgan fingerprint density at radius 2 is 1.71 bits per heavy atom. The highest BCUT2D eigenvalue weighted by Crippen LogP contribution is 2.26. The van der Waals surface area contributed by atoms with Gasteiger partial charge in [-0.1, -0.05) is 30.3 Å². The maximum atomic E-state index is 12.4. The first-order valence-electron chi connectivity index (χ1n) is 10.3. The van der Waals surface area contributed by atoms with Crippen molar-refractivity contribution in [2.24, 2.45) is 0 Å². The summed E-state index contributed by atoms with van der Waals surface area (Å²) in [6.45, 7) is 3.02. The molecule has 0 aliphatic heterocycles. The van der Waals surface area contributed by atoms with Crippen LogP contribution in [0, 0.1) is 0 Å². The zero-order valence-corrected chi connectivity index (χ0v) is 17.4. The molecule has 1 N–H and O–H groups in total. The largest absolute Gasteiger partial charge is 0.449 e. The van der Waals surface area contributed by atoms with Gasteiger partial charge in [0.05, 0.1) is 0 Å². The third-order valence-electron chi connectivity index (χ3n) is 5.40. The summed E-state index contributed by atoms with van der Waals surface area (Å²) in [5.74, 6) is -0.677. The van der Waals surface area contributed by atoms with Gasteiger partial charge < -0.3 is 14.5 Å². The minimum Gasteiger partial charge on any atom is -0.449 e. The Hall–Kier alpha value is -3.67. The molecular weight excluding hydrogens is 394 g/mol. The second kappa shape index (κ2) is 8.60. The lowest BCUT2D eigenvalue weighted by atomic mass is 10.1. The zero-order chi connectivity index (χ0) is 22.0. The number of esters is 1. The van der Waals surface area contributed by atoms with Gasteiger partial charge in [0.15, 0.2) is 11.9 Å². The highest BCUT2D eigenvalue weighted by molar-refractivity contribution is 5.97. The van der Waals surface area contributed by atoms with Crippen molar-refractivity contribution in [3.05, 3.63) is 77.0 Å². The third kappa shape index (κ3) is 4.58. The summed E-state index contributed by atoms with van der Waals surface area (Å²) in [6, 6.07) is 15.9. The summed E-state index contributed by atoms with van der Waals surface area (Å²) in [5, 5.41) is 2.80. The van der Waals surface area contributed by atoms with E-state index in [0.29, 0.717) is 17.0 Å². The van der Waals surface area contributed by atoms with Crippen molar-refractivity contribution in [1.29, 1.82) is 0 Å². The van der Waals surface area contributed by atoms with Crippen molar-refractivity contribution >= 4 is 23.3 Å². The summed E-state index contributed by atoms with van der Waals surface area (Å²) in [7, 11) is 0. The van der Waals surface area contributed by atoms with Gasteiger partial charge in [0, 0.05) is 16.8 Å². The average molecular weight is 417 g/mol. The van der Waals surface area contributed by atoms with Gasteiger partial charge in [-0.2, -0.15) is 0 Å². The minimum atomic E-state index is -0.982. The fourth-order valence-corrected chi connectivity index (χ4v) is 3.64. The molecule has 1 heterocycles. The number of Topliss-reactive ketones (excluding diaryl/α,β-unsaturated/α-hetero) is 1. The molecule has 6 heteroatoms. The molecule has 0 bridgehead atoms. The number of rotatable bonds is 6. The molecule has 0 saturated heterocycles. The first kappa shape index (κ1) is 20.6. The Bertz CT molecular complexity index is 1140. The van der Waals surface area contributed by atoms with Crippen molar-refractivity contribution in [3.8, 4) is 11.3 Å². The lowest BCUT2D eigenvalue weighted by Crippen LogP contribution is -2.29. The fourth-order valence-electron chi connectivity index (χ4n) is 3.64. The van der Waals surface area contributed by atoms with E-state index in [1.807, 2.05) is 18.2 Å². The van der Waals surface area contributed by atoms with Gasteiger partial charge in [-0.05, 0) is 68.5 Å². The summed E-state index contributed by atoms with van der Waals surface area (Å²) in [4.78, 5) is 36.3.